The molecule has 128 valence electrons. The molecule has 6 nitrogen and oxygen atoms in total. The summed E-state index contributed by atoms with van der Waals surface area (Å²) < 4.78 is 5.29. The third-order valence-electron chi connectivity index (χ3n) is 3.97. The fourth-order valence-electron chi connectivity index (χ4n) is 2.70. The molecule has 2 heterocycles. The van der Waals surface area contributed by atoms with Gasteiger partial charge in [0.15, 0.2) is 5.82 Å². The van der Waals surface area contributed by atoms with Crippen LogP contribution in [0, 0.1) is 0 Å². The fraction of sp³-hybridized carbons (Fsp3) is 0.0500. The largest absolute Gasteiger partial charge is 0.497 e. The molecule has 26 heavy (non-hydrogen) atoms. The summed E-state index contributed by atoms with van der Waals surface area (Å²) in [6, 6.07) is 17.0. The standard InChI is InChI=1S/C20H17N5O/c1-26-16-6-2-5-15(11-16)23-20-17-10-14(21)7-8-18(17)24-19(25-20)13-4-3-9-22-12-13/h2-12H,21H2,1H3,(H,23,24,25). The summed E-state index contributed by atoms with van der Waals surface area (Å²) in [5.74, 6) is 2.04. The molecule has 2 aromatic heterocycles. The molecule has 0 fully saturated rings. The molecule has 0 amide bonds. The van der Waals surface area contributed by atoms with E-state index >= 15 is 0 Å². The summed E-state index contributed by atoms with van der Waals surface area (Å²) in [6.45, 7) is 0. The number of pyridine rings is 1. The number of nitrogens with one attached hydrogen (secondary N) is 1. The van der Waals surface area contributed by atoms with Crippen LogP contribution in [0.1, 0.15) is 0 Å². The maximum absolute atomic E-state index is 5.97. The van der Waals surface area contributed by atoms with E-state index in [-0.39, 0.29) is 0 Å². The van der Waals surface area contributed by atoms with Crippen LogP contribution in [0.4, 0.5) is 17.2 Å². The Morgan fingerprint density at radius 3 is 2.73 bits per heavy atom. The van der Waals surface area contributed by atoms with Crippen molar-refractivity contribution in [2.24, 2.45) is 0 Å². The van der Waals surface area contributed by atoms with E-state index in [9.17, 15) is 0 Å². The van der Waals surface area contributed by atoms with Gasteiger partial charge in [0.2, 0.25) is 0 Å². The van der Waals surface area contributed by atoms with E-state index in [2.05, 4.69) is 15.3 Å². The van der Waals surface area contributed by atoms with Gasteiger partial charge in [-0.05, 0) is 42.5 Å². The SMILES string of the molecule is COc1cccc(Nc2nc(-c3cccnc3)nc3ccc(N)cc23)c1. The van der Waals surface area contributed by atoms with Crippen molar-refractivity contribution in [3.8, 4) is 17.1 Å². The number of anilines is 3. The Labute approximate surface area is 150 Å². The van der Waals surface area contributed by atoms with Gasteiger partial charge in [-0.3, -0.25) is 4.98 Å². The van der Waals surface area contributed by atoms with Crippen LogP contribution in [0.2, 0.25) is 0 Å². The minimum atomic E-state index is 0.598. The van der Waals surface area contributed by atoms with Gasteiger partial charge in [0, 0.05) is 40.8 Å². The second-order valence-corrected chi connectivity index (χ2v) is 5.77. The normalized spacial score (nSPS) is 10.7. The van der Waals surface area contributed by atoms with E-state index in [4.69, 9.17) is 15.5 Å². The van der Waals surface area contributed by atoms with Gasteiger partial charge in [0.25, 0.3) is 0 Å². The number of nitrogens with two attached hydrogens (primary N) is 1. The molecular weight excluding hydrogens is 326 g/mol. The lowest BCUT2D eigenvalue weighted by molar-refractivity contribution is 0.415. The monoisotopic (exact) mass is 343 g/mol. The Hall–Kier alpha value is -3.67. The van der Waals surface area contributed by atoms with Crippen LogP contribution in [-0.4, -0.2) is 22.1 Å². The summed E-state index contributed by atoms with van der Waals surface area (Å²) in [7, 11) is 1.64. The molecule has 0 radical (unpaired) electrons. The number of aromatic nitrogens is 3. The molecule has 0 saturated heterocycles. The van der Waals surface area contributed by atoms with Crippen LogP contribution in [0.25, 0.3) is 22.3 Å². The lowest BCUT2D eigenvalue weighted by atomic mass is 10.2. The van der Waals surface area contributed by atoms with E-state index in [0.717, 1.165) is 27.9 Å². The zero-order valence-corrected chi connectivity index (χ0v) is 14.2. The zero-order valence-electron chi connectivity index (χ0n) is 14.2. The highest BCUT2D eigenvalue weighted by Crippen LogP contribution is 2.29. The maximum Gasteiger partial charge on any atom is 0.163 e. The van der Waals surface area contributed by atoms with Crippen molar-refractivity contribution in [1.82, 2.24) is 15.0 Å². The smallest absolute Gasteiger partial charge is 0.163 e. The highest BCUT2D eigenvalue weighted by atomic mass is 16.5. The summed E-state index contributed by atoms with van der Waals surface area (Å²) in [6.07, 6.45) is 3.47. The average molecular weight is 343 g/mol. The quantitative estimate of drug-likeness (QED) is 0.544. The minimum Gasteiger partial charge on any atom is -0.497 e. The Morgan fingerprint density at radius 2 is 1.92 bits per heavy atom. The van der Waals surface area contributed by atoms with Gasteiger partial charge in [-0.15, -0.1) is 0 Å². The molecule has 0 bridgehead atoms. The van der Waals surface area contributed by atoms with Gasteiger partial charge < -0.3 is 15.8 Å². The number of fused-ring (bicyclic) bond motifs is 1. The van der Waals surface area contributed by atoms with Crippen LogP contribution in [-0.2, 0) is 0 Å². The lowest BCUT2D eigenvalue weighted by Gasteiger charge is -2.12. The number of ether oxygens (including phenoxy) is 1. The topological polar surface area (TPSA) is 86.0 Å². The minimum absolute atomic E-state index is 0.598. The van der Waals surface area contributed by atoms with E-state index in [0.29, 0.717) is 17.3 Å². The Morgan fingerprint density at radius 1 is 1.00 bits per heavy atom. The number of nitrogens with zero attached hydrogens (tertiary/aromatic N) is 3. The van der Waals surface area contributed by atoms with Gasteiger partial charge in [-0.2, -0.15) is 0 Å². The van der Waals surface area contributed by atoms with Crippen molar-refractivity contribution < 1.29 is 4.74 Å². The highest BCUT2D eigenvalue weighted by Gasteiger charge is 2.11. The van der Waals surface area contributed by atoms with E-state index in [1.54, 1.807) is 19.5 Å². The second-order valence-electron chi connectivity index (χ2n) is 5.77. The number of rotatable bonds is 4. The van der Waals surface area contributed by atoms with E-state index in [1.807, 2.05) is 54.6 Å². The van der Waals surface area contributed by atoms with Crippen molar-refractivity contribution in [3.63, 3.8) is 0 Å². The van der Waals surface area contributed by atoms with E-state index < -0.39 is 0 Å². The van der Waals surface area contributed by atoms with Crippen LogP contribution in [0.5, 0.6) is 5.75 Å². The van der Waals surface area contributed by atoms with Crippen LogP contribution < -0.4 is 15.8 Å². The number of methoxy groups -OCH3 is 1. The van der Waals surface area contributed by atoms with Gasteiger partial charge in [-0.1, -0.05) is 6.07 Å². The summed E-state index contributed by atoms with van der Waals surface area (Å²) in [5.41, 5.74) is 9.14. The van der Waals surface area contributed by atoms with Crippen LogP contribution >= 0.6 is 0 Å². The highest BCUT2D eigenvalue weighted by molar-refractivity contribution is 5.94. The van der Waals surface area contributed by atoms with Gasteiger partial charge in [0.1, 0.15) is 11.6 Å². The first-order valence-electron chi connectivity index (χ1n) is 8.12. The molecule has 0 spiro atoms. The zero-order chi connectivity index (χ0) is 17.9. The second kappa shape index (κ2) is 6.68. The van der Waals surface area contributed by atoms with Gasteiger partial charge in [0.05, 0.1) is 12.6 Å². The number of hydrogen-bond donors (Lipinski definition) is 2. The van der Waals surface area contributed by atoms with Crippen molar-refractivity contribution in [2.45, 2.75) is 0 Å². The first kappa shape index (κ1) is 15.8. The number of hydrogen-bond acceptors (Lipinski definition) is 6. The molecule has 0 aliphatic carbocycles. The molecule has 0 aliphatic rings. The van der Waals surface area contributed by atoms with Crippen molar-refractivity contribution in [1.29, 1.82) is 0 Å². The van der Waals surface area contributed by atoms with E-state index in [1.165, 1.54) is 0 Å². The Bertz CT molecular complexity index is 1070. The van der Waals surface area contributed by atoms with Crippen molar-refractivity contribution in [3.05, 3.63) is 67.0 Å². The molecular formula is C20H17N5O. The summed E-state index contributed by atoms with van der Waals surface area (Å²) in [4.78, 5) is 13.5. The number of benzene rings is 2. The summed E-state index contributed by atoms with van der Waals surface area (Å²) in [5, 5.41) is 4.20. The summed E-state index contributed by atoms with van der Waals surface area (Å²) >= 11 is 0. The maximum atomic E-state index is 5.97. The molecule has 0 unspecified atom stereocenters. The van der Waals surface area contributed by atoms with Gasteiger partial charge >= 0.3 is 0 Å². The molecule has 0 saturated carbocycles. The third kappa shape index (κ3) is 3.12. The Balaban J connectivity index is 1.86. The first-order valence-corrected chi connectivity index (χ1v) is 8.12. The fourth-order valence-corrected chi connectivity index (χ4v) is 2.70. The van der Waals surface area contributed by atoms with Crippen molar-refractivity contribution >= 4 is 28.1 Å². The molecule has 3 N–H and O–H groups in total. The van der Waals surface area contributed by atoms with Crippen molar-refractivity contribution in [2.75, 3.05) is 18.2 Å². The molecule has 0 aliphatic heterocycles. The average Bonchev–Trinajstić information content (AvgIpc) is 2.69. The van der Waals surface area contributed by atoms with Crippen LogP contribution in [0.15, 0.2) is 67.0 Å². The van der Waals surface area contributed by atoms with Gasteiger partial charge in [-0.25, -0.2) is 9.97 Å². The number of nitrogen functional groups attached to an aromatic ring is 1. The molecule has 4 rings (SSSR count). The Kier molecular flexibility index (Phi) is 4.07. The molecule has 2 aromatic carbocycles. The predicted molar refractivity (Wildman–Crippen MR) is 103 cm³/mol. The first-order chi connectivity index (χ1) is 12.7. The predicted octanol–water partition coefficient (Wildman–Crippen LogP) is 4.03. The van der Waals surface area contributed by atoms with Crippen LogP contribution in [0.3, 0.4) is 0 Å². The molecule has 6 heteroatoms. The lowest BCUT2D eigenvalue weighted by Crippen LogP contribution is -2.00. The third-order valence-corrected chi connectivity index (χ3v) is 3.97. The molecule has 0 atom stereocenters. The molecule has 4 aromatic rings.